The highest BCUT2D eigenvalue weighted by Crippen LogP contribution is 2.34. The standard InChI is InChI=1S/C14H26N2.ClH/c1-4-14(5-1)16(10-12-6-7-12)11-13-3-2-8-15-9-13;/h12-15H,1-11H2;1H. The van der Waals surface area contributed by atoms with Gasteiger partial charge in [0.05, 0.1) is 0 Å². The van der Waals surface area contributed by atoms with Crippen molar-refractivity contribution in [2.24, 2.45) is 11.8 Å². The lowest BCUT2D eigenvalue weighted by molar-refractivity contribution is 0.0954. The normalized spacial score (nSPS) is 29.8. The summed E-state index contributed by atoms with van der Waals surface area (Å²) >= 11 is 0. The van der Waals surface area contributed by atoms with Crippen molar-refractivity contribution in [1.82, 2.24) is 10.2 Å². The first-order chi connectivity index (χ1) is 7.92. The number of rotatable bonds is 5. The zero-order chi connectivity index (χ0) is 10.8. The van der Waals surface area contributed by atoms with Crippen LogP contribution in [0.1, 0.15) is 44.9 Å². The van der Waals surface area contributed by atoms with E-state index in [4.69, 9.17) is 0 Å². The Hall–Kier alpha value is 0.210. The molecule has 3 rings (SSSR count). The molecule has 2 saturated carbocycles. The molecule has 1 saturated heterocycles. The number of nitrogens with zero attached hydrogens (tertiary/aromatic N) is 1. The molecule has 17 heavy (non-hydrogen) atoms. The minimum atomic E-state index is 0. The molecule has 2 nitrogen and oxygen atoms in total. The van der Waals surface area contributed by atoms with Crippen LogP contribution in [-0.2, 0) is 0 Å². The molecule has 3 aliphatic rings. The van der Waals surface area contributed by atoms with Crippen LogP contribution in [0.5, 0.6) is 0 Å². The fraction of sp³-hybridized carbons (Fsp3) is 1.00. The topological polar surface area (TPSA) is 15.3 Å². The van der Waals surface area contributed by atoms with Gasteiger partial charge in [0, 0.05) is 19.1 Å². The Kier molecular flexibility index (Phi) is 5.13. The van der Waals surface area contributed by atoms with Crippen LogP contribution in [0.4, 0.5) is 0 Å². The van der Waals surface area contributed by atoms with E-state index in [1.165, 1.54) is 71.1 Å². The SMILES string of the molecule is C1CNCC(CN(CC2CC2)C2CCC2)C1.Cl. The Bertz CT molecular complexity index is 220. The predicted molar refractivity (Wildman–Crippen MR) is 74.8 cm³/mol. The van der Waals surface area contributed by atoms with Crippen LogP contribution in [-0.4, -0.2) is 37.1 Å². The Morgan fingerprint density at radius 2 is 1.65 bits per heavy atom. The molecule has 1 unspecified atom stereocenters. The summed E-state index contributed by atoms with van der Waals surface area (Å²) in [5.41, 5.74) is 0. The van der Waals surface area contributed by atoms with Crippen molar-refractivity contribution in [3.05, 3.63) is 0 Å². The van der Waals surface area contributed by atoms with Gasteiger partial charge in [-0.15, -0.1) is 12.4 Å². The Labute approximate surface area is 112 Å². The van der Waals surface area contributed by atoms with Crippen LogP contribution in [0.2, 0.25) is 0 Å². The fourth-order valence-electron chi connectivity index (χ4n) is 3.17. The second-order valence-corrected chi connectivity index (χ2v) is 6.19. The molecule has 0 aromatic rings. The van der Waals surface area contributed by atoms with Crippen molar-refractivity contribution in [1.29, 1.82) is 0 Å². The molecule has 0 amide bonds. The molecular weight excluding hydrogens is 232 g/mol. The van der Waals surface area contributed by atoms with Crippen LogP contribution in [0.3, 0.4) is 0 Å². The molecule has 3 heteroatoms. The molecule has 1 aliphatic heterocycles. The summed E-state index contributed by atoms with van der Waals surface area (Å²) in [5, 5.41) is 3.56. The van der Waals surface area contributed by atoms with Gasteiger partial charge >= 0.3 is 0 Å². The van der Waals surface area contributed by atoms with Crippen LogP contribution in [0.15, 0.2) is 0 Å². The van der Waals surface area contributed by atoms with Gasteiger partial charge in [-0.3, -0.25) is 4.90 Å². The molecule has 1 N–H and O–H groups in total. The average molecular weight is 259 g/mol. The van der Waals surface area contributed by atoms with Crippen molar-refractivity contribution >= 4 is 12.4 Å². The molecule has 1 atom stereocenters. The lowest BCUT2D eigenvalue weighted by Crippen LogP contribution is -2.46. The van der Waals surface area contributed by atoms with Crippen molar-refractivity contribution in [2.45, 2.75) is 51.0 Å². The number of piperidine rings is 1. The first-order valence-corrected chi connectivity index (χ1v) is 7.36. The van der Waals surface area contributed by atoms with Crippen molar-refractivity contribution in [3.8, 4) is 0 Å². The lowest BCUT2D eigenvalue weighted by Gasteiger charge is -2.40. The monoisotopic (exact) mass is 258 g/mol. The highest BCUT2D eigenvalue weighted by atomic mass is 35.5. The maximum atomic E-state index is 3.56. The van der Waals surface area contributed by atoms with E-state index in [0.717, 1.165) is 17.9 Å². The Balaban J connectivity index is 0.00000108. The number of halogens is 1. The van der Waals surface area contributed by atoms with Crippen LogP contribution < -0.4 is 5.32 Å². The van der Waals surface area contributed by atoms with E-state index in [9.17, 15) is 0 Å². The van der Waals surface area contributed by atoms with Gasteiger partial charge in [0.1, 0.15) is 0 Å². The van der Waals surface area contributed by atoms with Gasteiger partial charge in [-0.2, -0.15) is 0 Å². The summed E-state index contributed by atoms with van der Waals surface area (Å²) in [4.78, 5) is 2.85. The third-order valence-corrected chi connectivity index (χ3v) is 4.67. The van der Waals surface area contributed by atoms with Crippen molar-refractivity contribution in [2.75, 3.05) is 26.2 Å². The molecular formula is C14H27ClN2. The molecule has 3 fully saturated rings. The first kappa shape index (κ1) is 13.6. The van der Waals surface area contributed by atoms with E-state index in [2.05, 4.69) is 10.2 Å². The van der Waals surface area contributed by atoms with Gasteiger partial charge < -0.3 is 5.32 Å². The van der Waals surface area contributed by atoms with Crippen LogP contribution >= 0.6 is 12.4 Å². The maximum Gasteiger partial charge on any atom is 0.00955 e. The minimum Gasteiger partial charge on any atom is -0.316 e. The zero-order valence-corrected chi connectivity index (χ0v) is 11.7. The summed E-state index contributed by atoms with van der Waals surface area (Å²) in [5.74, 6) is 2.00. The average Bonchev–Trinajstić information content (AvgIpc) is 3.00. The van der Waals surface area contributed by atoms with Gasteiger partial charge in [0.25, 0.3) is 0 Å². The van der Waals surface area contributed by atoms with Gasteiger partial charge in [-0.1, -0.05) is 6.42 Å². The van der Waals surface area contributed by atoms with E-state index in [1.54, 1.807) is 0 Å². The van der Waals surface area contributed by atoms with E-state index in [0.29, 0.717) is 0 Å². The number of hydrogen-bond acceptors (Lipinski definition) is 2. The molecule has 1 heterocycles. The van der Waals surface area contributed by atoms with E-state index >= 15 is 0 Å². The summed E-state index contributed by atoms with van der Waals surface area (Å²) in [6.07, 6.45) is 10.3. The van der Waals surface area contributed by atoms with Crippen LogP contribution in [0, 0.1) is 11.8 Å². The molecule has 100 valence electrons. The molecule has 0 bridgehead atoms. The van der Waals surface area contributed by atoms with Crippen LogP contribution in [0.25, 0.3) is 0 Å². The minimum absolute atomic E-state index is 0. The molecule has 0 radical (unpaired) electrons. The highest BCUT2D eigenvalue weighted by molar-refractivity contribution is 5.85. The highest BCUT2D eigenvalue weighted by Gasteiger charge is 2.32. The molecule has 0 aromatic carbocycles. The third kappa shape index (κ3) is 3.84. The third-order valence-electron chi connectivity index (χ3n) is 4.67. The molecule has 0 spiro atoms. The Morgan fingerprint density at radius 3 is 2.18 bits per heavy atom. The van der Waals surface area contributed by atoms with E-state index < -0.39 is 0 Å². The molecule has 2 aliphatic carbocycles. The summed E-state index contributed by atoms with van der Waals surface area (Å²) in [6.45, 7) is 5.33. The molecule has 0 aromatic heterocycles. The number of hydrogen-bond donors (Lipinski definition) is 1. The predicted octanol–water partition coefficient (Wildman–Crippen LogP) is 2.67. The fourth-order valence-corrected chi connectivity index (χ4v) is 3.17. The largest absolute Gasteiger partial charge is 0.316 e. The van der Waals surface area contributed by atoms with Gasteiger partial charge in [0.2, 0.25) is 0 Å². The summed E-state index contributed by atoms with van der Waals surface area (Å²) in [6, 6.07) is 0.961. The van der Waals surface area contributed by atoms with E-state index in [1.807, 2.05) is 0 Å². The zero-order valence-electron chi connectivity index (χ0n) is 10.9. The van der Waals surface area contributed by atoms with Crippen molar-refractivity contribution in [3.63, 3.8) is 0 Å². The first-order valence-electron chi connectivity index (χ1n) is 7.36. The Morgan fingerprint density at radius 1 is 0.882 bits per heavy atom. The summed E-state index contributed by atoms with van der Waals surface area (Å²) < 4.78 is 0. The summed E-state index contributed by atoms with van der Waals surface area (Å²) in [7, 11) is 0. The number of nitrogens with one attached hydrogen (secondary N) is 1. The van der Waals surface area contributed by atoms with Crippen molar-refractivity contribution < 1.29 is 0 Å². The van der Waals surface area contributed by atoms with Gasteiger partial charge in [-0.25, -0.2) is 0 Å². The quantitative estimate of drug-likeness (QED) is 0.816. The van der Waals surface area contributed by atoms with Gasteiger partial charge in [-0.05, 0) is 63.5 Å². The lowest BCUT2D eigenvalue weighted by atomic mass is 9.89. The second-order valence-electron chi connectivity index (χ2n) is 6.19. The second kappa shape index (κ2) is 6.40. The van der Waals surface area contributed by atoms with Gasteiger partial charge in [0.15, 0.2) is 0 Å². The van der Waals surface area contributed by atoms with E-state index in [-0.39, 0.29) is 12.4 Å². The smallest absolute Gasteiger partial charge is 0.00955 e. The maximum absolute atomic E-state index is 3.56.